The molecule has 0 saturated carbocycles. The van der Waals surface area contributed by atoms with Crippen LogP contribution in [0.5, 0.6) is 0 Å². The molecular weight excluding hydrogens is 376 g/mol. The maximum Gasteiger partial charge on any atom is 0.230 e. The van der Waals surface area contributed by atoms with E-state index in [1.807, 2.05) is 25.3 Å². The predicted molar refractivity (Wildman–Crippen MR) is 99.2 cm³/mol. The summed E-state index contributed by atoms with van der Waals surface area (Å²) in [6.45, 7) is 6.24. The molecular formula is C16H21BrN4OS. The number of carbonyl (C=O) groups is 1. The van der Waals surface area contributed by atoms with Crippen molar-refractivity contribution in [2.45, 2.75) is 26.0 Å². The second kappa shape index (κ2) is 7.97. The number of nitrogens with zero attached hydrogens (tertiary/aromatic N) is 4. The van der Waals surface area contributed by atoms with Crippen LogP contribution < -0.4 is 4.90 Å². The molecule has 0 aromatic carbocycles. The van der Waals surface area contributed by atoms with Gasteiger partial charge in [0, 0.05) is 24.9 Å². The van der Waals surface area contributed by atoms with Crippen molar-refractivity contribution in [3.05, 3.63) is 35.3 Å². The predicted octanol–water partition coefficient (Wildman–Crippen LogP) is 3.77. The topological polar surface area (TPSA) is 51.0 Å². The lowest BCUT2D eigenvalue weighted by atomic mass is 10.2. The Morgan fingerprint density at radius 2 is 2.17 bits per heavy atom. The second-order valence-corrected chi connectivity index (χ2v) is 8.00. The van der Waals surface area contributed by atoms with E-state index in [-0.39, 0.29) is 11.8 Å². The SMILES string of the molecule is CC(C)SCC(C)C(=O)N(C)c1cn(-c2cccnc2)nc1Br. The molecule has 5 nitrogen and oxygen atoms in total. The Morgan fingerprint density at radius 3 is 2.78 bits per heavy atom. The Bertz CT molecular complexity index is 659. The van der Waals surface area contributed by atoms with Gasteiger partial charge in [-0.15, -0.1) is 0 Å². The van der Waals surface area contributed by atoms with Gasteiger partial charge in [0.15, 0.2) is 4.60 Å². The van der Waals surface area contributed by atoms with E-state index in [4.69, 9.17) is 0 Å². The van der Waals surface area contributed by atoms with Crippen LogP contribution in [0.15, 0.2) is 35.3 Å². The molecule has 0 radical (unpaired) electrons. The minimum atomic E-state index is -0.0407. The van der Waals surface area contributed by atoms with E-state index in [9.17, 15) is 4.79 Å². The Kier molecular flexibility index (Phi) is 6.24. The van der Waals surface area contributed by atoms with Crippen molar-refractivity contribution in [2.24, 2.45) is 5.92 Å². The second-order valence-electron chi connectivity index (χ2n) is 5.64. The van der Waals surface area contributed by atoms with Gasteiger partial charge in [-0.2, -0.15) is 16.9 Å². The van der Waals surface area contributed by atoms with Crippen LogP contribution in [0.3, 0.4) is 0 Å². The van der Waals surface area contributed by atoms with Crippen molar-refractivity contribution in [1.29, 1.82) is 0 Å². The highest BCUT2D eigenvalue weighted by atomic mass is 79.9. The van der Waals surface area contributed by atoms with Gasteiger partial charge in [-0.1, -0.05) is 20.8 Å². The van der Waals surface area contributed by atoms with Crippen molar-refractivity contribution in [3.63, 3.8) is 0 Å². The van der Waals surface area contributed by atoms with E-state index in [0.717, 1.165) is 17.1 Å². The molecule has 2 rings (SSSR count). The standard InChI is InChI=1S/C16H21BrN4OS/c1-11(2)23-10-12(3)16(22)20(4)14-9-21(19-15(14)17)13-6-5-7-18-8-13/h5-9,11-12H,10H2,1-4H3. The van der Waals surface area contributed by atoms with Crippen molar-refractivity contribution in [3.8, 4) is 5.69 Å². The highest BCUT2D eigenvalue weighted by molar-refractivity contribution is 9.10. The van der Waals surface area contributed by atoms with Crippen molar-refractivity contribution in [2.75, 3.05) is 17.7 Å². The summed E-state index contributed by atoms with van der Waals surface area (Å²) in [5.41, 5.74) is 1.60. The summed E-state index contributed by atoms with van der Waals surface area (Å²) in [5.74, 6) is 0.862. The Morgan fingerprint density at radius 1 is 1.43 bits per heavy atom. The Labute approximate surface area is 149 Å². The fraction of sp³-hybridized carbons (Fsp3) is 0.438. The number of carbonyl (C=O) groups excluding carboxylic acids is 1. The van der Waals surface area contributed by atoms with E-state index >= 15 is 0 Å². The number of hydrogen-bond donors (Lipinski definition) is 0. The lowest BCUT2D eigenvalue weighted by Gasteiger charge is -2.20. The van der Waals surface area contributed by atoms with Crippen LogP contribution in [0.1, 0.15) is 20.8 Å². The van der Waals surface area contributed by atoms with E-state index in [0.29, 0.717) is 9.85 Å². The smallest absolute Gasteiger partial charge is 0.230 e. The summed E-state index contributed by atoms with van der Waals surface area (Å²) in [6.07, 6.45) is 5.28. The summed E-state index contributed by atoms with van der Waals surface area (Å²) in [5, 5.41) is 4.94. The number of amides is 1. The number of pyridine rings is 1. The normalized spacial score (nSPS) is 12.4. The third-order valence-electron chi connectivity index (χ3n) is 3.35. The van der Waals surface area contributed by atoms with Gasteiger partial charge in [-0.05, 0) is 33.3 Å². The molecule has 1 unspecified atom stereocenters. The average Bonchev–Trinajstić information content (AvgIpc) is 2.93. The maximum absolute atomic E-state index is 12.6. The van der Waals surface area contributed by atoms with E-state index in [1.54, 1.807) is 40.8 Å². The van der Waals surface area contributed by atoms with Gasteiger partial charge in [0.1, 0.15) is 0 Å². The van der Waals surface area contributed by atoms with Crippen LogP contribution in [0.2, 0.25) is 0 Å². The molecule has 2 aromatic rings. The highest BCUT2D eigenvalue weighted by Crippen LogP contribution is 2.27. The van der Waals surface area contributed by atoms with Gasteiger partial charge in [-0.3, -0.25) is 9.78 Å². The molecule has 1 atom stereocenters. The monoisotopic (exact) mass is 396 g/mol. The average molecular weight is 397 g/mol. The molecule has 0 fully saturated rings. The number of thioether (sulfide) groups is 1. The molecule has 1 amide bonds. The number of rotatable bonds is 6. The largest absolute Gasteiger partial charge is 0.311 e. The van der Waals surface area contributed by atoms with Crippen molar-refractivity contribution >= 4 is 39.3 Å². The molecule has 0 bridgehead atoms. The van der Waals surface area contributed by atoms with Crippen LogP contribution >= 0.6 is 27.7 Å². The third kappa shape index (κ3) is 4.57. The molecule has 23 heavy (non-hydrogen) atoms. The highest BCUT2D eigenvalue weighted by Gasteiger charge is 2.22. The number of anilines is 1. The zero-order valence-corrected chi connectivity index (χ0v) is 16.1. The zero-order valence-electron chi connectivity index (χ0n) is 13.7. The van der Waals surface area contributed by atoms with Gasteiger partial charge < -0.3 is 4.90 Å². The quantitative estimate of drug-likeness (QED) is 0.745. The summed E-state index contributed by atoms with van der Waals surface area (Å²) in [4.78, 5) is 18.3. The third-order valence-corrected chi connectivity index (χ3v) is 5.28. The van der Waals surface area contributed by atoms with Crippen LogP contribution in [0.25, 0.3) is 5.69 Å². The number of halogens is 1. The molecule has 2 heterocycles. The molecule has 0 aliphatic rings. The summed E-state index contributed by atoms with van der Waals surface area (Å²) >= 11 is 5.24. The zero-order chi connectivity index (χ0) is 17.0. The first kappa shape index (κ1) is 18.0. The van der Waals surface area contributed by atoms with Crippen LogP contribution in [0.4, 0.5) is 5.69 Å². The van der Waals surface area contributed by atoms with E-state index in [2.05, 4.69) is 39.9 Å². The van der Waals surface area contributed by atoms with Crippen LogP contribution in [0, 0.1) is 5.92 Å². The van der Waals surface area contributed by atoms with Crippen molar-refractivity contribution in [1.82, 2.24) is 14.8 Å². The summed E-state index contributed by atoms with van der Waals surface area (Å²) in [7, 11) is 1.79. The first-order chi connectivity index (χ1) is 10.9. The number of aromatic nitrogens is 3. The van der Waals surface area contributed by atoms with E-state index < -0.39 is 0 Å². The molecule has 2 aromatic heterocycles. The molecule has 0 saturated heterocycles. The molecule has 124 valence electrons. The first-order valence-electron chi connectivity index (χ1n) is 7.45. The van der Waals surface area contributed by atoms with Crippen LogP contribution in [-0.2, 0) is 4.79 Å². The molecule has 0 aliphatic carbocycles. The minimum absolute atomic E-state index is 0.0407. The summed E-state index contributed by atoms with van der Waals surface area (Å²) in [6, 6.07) is 3.77. The first-order valence-corrected chi connectivity index (χ1v) is 9.29. The number of hydrogen-bond acceptors (Lipinski definition) is 4. The molecule has 0 N–H and O–H groups in total. The van der Waals surface area contributed by atoms with Gasteiger partial charge in [0.05, 0.1) is 23.8 Å². The minimum Gasteiger partial charge on any atom is -0.311 e. The van der Waals surface area contributed by atoms with Gasteiger partial charge in [-0.25, -0.2) is 4.68 Å². The fourth-order valence-corrected chi connectivity index (χ4v) is 3.40. The molecule has 0 spiro atoms. The fourth-order valence-electron chi connectivity index (χ4n) is 2.05. The van der Waals surface area contributed by atoms with Crippen molar-refractivity contribution < 1.29 is 4.79 Å². The van der Waals surface area contributed by atoms with Gasteiger partial charge in [0.2, 0.25) is 5.91 Å². The molecule has 7 heteroatoms. The Balaban J connectivity index is 2.15. The maximum atomic E-state index is 12.6. The lowest BCUT2D eigenvalue weighted by molar-refractivity contribution is -0.120. The van der Waals surface area contributed by atoms with Gasteiger partial charge >= 0.3 is 0 Å². The summed E-state index contributed by atoms with van der Waals surface area (Å²) < 4.78 is 2.35. The van der Waals surface area contributed by atoms with E-state index in [1.165, 1.54) is 0 Å². The molecule has 0 aliphatic heterocycles. The lowest BCUT2D eigenvalue weighted by Crippen LogP contribution is -2.32. The van der Waals surface area contributed by atoms with Crippen LogP contribution in [-0.4, -0.2) is 38.7 Å². The Hall–Kier alpha value is -1.34. The van der Waals surface area contributed by atoms with Gasteiger partial charge in [0.25, 0.3) is 0 Å².